The molecule has 2 unspecified atom stereocenters. The predicted molar refractivity (Wildman–Crippen MR) is 94.2 cm³/mol. The number of rotatable bonds is 6. The van der Waals surface area contributed by atoms with Crippen LogP contribution in [-0.2, 0) is 9.53 Å². The Bertz CT molecular complexity index is 704. The molecule has 1 saturated carbocycles. The molecule has 1 aromatic rings. The fourth-order valence-electron chi connectivity index (χ4n) is 3.05. The Hall–Kier alpha value is -2.13. The zero-order valence-electron chi connectivity index (χ0n) is 15.4. The Balaban J connectivity index is 1.98. The number of halogens is 3. The lowest BCUT2D eigenvalue weighted by Crippen LogP contribution is -2.74. The van der Waals surface area contributed by atoms with Crippen molar-refractivity contribution in [2.75, 3.05) is 18.5 Å². The molecule has 4 N–H and O–H groups in total. The predicted octanol–water partition coefficient (Wildman–Crippen LogP) is 2.45. The summed E-state index contributed by atoms with van der Waals surface area (Å²) in [6.07, 6.45) is -4.20. The minimum absolute atomic E-state index is 0.0556. The molecule has 27 heavy (non-hydrogen) atoms. The number of hydrogen-bond donors (Lipinski definition) is 3. The van der Waals surface area contributed by atoms with E-state index in [-0.39, 0.29) is 17.6 Å². The van der Waals surface area contributed by atoms with Crippen LogP contribution in [0.15, 0.2) is 24.3 Å². The summed E-state index contributed by atoms with van der Waals surface area (Å²) in [4.78, 5) is 24.3. The van der Waals surface area contributed by atoms with Gasteiger partial charge < -0.3 is 21.1 Å². The van der Waals surface area contributed by atoms with Crippen molar-refractivity contribution in [1.29, 1.82) is 0 Å². The first kappa shape index (κ1) is 21.2. The highest BCUT2D eigenvalue weighted by Crippen LogP contribution is 2.50. The highest BCUT2D eigenvalue weighted by atomic mass is 19.4. The van der Waals surface area contributed by atoms with Gasteiger partial charge in [-0.2, -0.15) is 13.2 Å². The van der Waals surface area contributed by atoms with Crippen molar-refractivity contribution < 1.29 is 27.5 Å². The van der Waals surface area contributed by atoms with Crippen molar-refractivity contribution in [3.63, 3.8) is 0 Å². The van der Waals surface area contributed by atoms with Gasteiger partial charge in [0.1, 0.15) is 12.1 Å². The summed E-state index contributed by atoms with van der Waals surface area (Å²) < 4.78 is 42.0. The first-order valence-corrected chi connectivity index (χ1v) is 8.57. The molecule has 2 amide bonds. The van der Waals surface area contributed by atoms with Crippen LogP contribution in [0.25, 0.3) is 0 Å². The zero-order chi connectivity index (χ0) is 20.5. The van der Waals surface area contributed by atoms with E-state index in [9.17, 15) is 22.8 Å². The molecule has 1 fully saturated rings. The number of benzene rings is 1. The fourth-order valence-corrected chi connectivity index (χ4v) is 3.05. The van der Waals surface area contributed by atoms with Crippen molar-refractivity contribution in [3.05, 3.63) is 29.8 Å². The maximum atomic E-state index is 12.6. The molecular weight excluding hydrogens is 363 g/mol. The van der Waals surface area contributed by atoms with E-state index in [1.807, 2.05) is 20.8 Å². The van der Waals surface area contributed by atoms with Gasteiger partial charge in [0.05, 0.1) is 6.10 Å². The molecule has 0 aromatic heterocycles. The van der Waals surface area contributed by atoms with Crippen molar-refractivity contribution in [2.24, 2.45) is 11.1 Å². The molecule has 9 heteroatoms. The molecule has 2 rings (SSSR count). The molecule has 0 bridgehead atoms. The molecule has 0 saturated heterocycles. The maximum absolute atomic E-state index is 12.6. The molecule has 6 nitrogen and oxygen atoms in total. The average Bonchev–Trinajstić information content (AvgIpc) is 2.59. The Morgan fingerprint density at radius 1 is 1.26 bits per heavy atom. The molecule has 0 aliphatic heterocycles. The highest BCUT2D eigenvalue weighted by molar-refractivity contribution is 6.00. The zero-order valence-corrected chi connectivity index (χ0v) is 15.4. The van der Waals surface area contributed by atoms with Crippen LogP contribution in [0.5, 0.6) is 0 Å². The molecule has 0 radical (unpaired) electrons. The van der Waals surface area contributed by atoms with Gasteiger partial charge >= 0.3 is 6.18 Å². The second-order valence-corrected chi connectivity index (χ2v) is 7.17. The quantitative estimate of drug-likeness (QED) is 0.699. The molecule has 1 aliphatic carbocycles. The third kappa shape index (κ3) is 4.41. The number of carbonyl (C=O) groups excluding carboxylic acids is 2. The summed E-state index contributed by atoms with van der Waals surface area (Å²) in [5.41, 5.74) is 5.09. The summed E-state index contributed by atoms with van der Waals surface area (Å²) >= 11 is 0. The number of nitrogens with one attached hydrogen (secondary N) is 2. The van der Waals surface area contributed by atoms with E-state index in [0.29, 0.717) is 18.7 Å². The maximum Gasteiger partial charge on any atom is 0.405 e. The van der Waals surface area contributed by atoms with E-state index < -0.39 is 29.6 Å². The Kier molecular flexibility index (Phi) is 5.86. The van der Waals surface area contributed by atoms with E-state index in [4.69, 9.17) is 10.5 Å². The van der Waals surface area contributed by atoms with Gasteiger partial charge in [0.15, 0.2) is 0 Å². The van der Waals surface area contributed by atoms with Crippen molar-refractivity contribution in [1.82, 2.24) is 5.32 Å². The van der Waals surface area contributed by atoms with Gasteiger partial charge in [-0.1, -0.05) is 13.8 Å². The molecule has 1 aliphatic rings. The Labute approximate surface area is 155 Å². The van der Waals surface area contributed by atoms with Crippen LogP contribution in [0.3, 0.4) is 0 Å². The number of carbonyl (C=O) groups is 2. The van der Waals surface area contributed by atoms with Crippen molar-refractivity contribution in [2.45, 2.75) is 45.0 Å². The lowest BCUT2D eigenvalue weighted by molar-refractivity contribution is -0.166. The second kappa shape index (κ2) is 7.47. The molecule has 2 atom stereocenters. The van der Waals surface area contributed by atoms with Crippen LogP contribution in [-0.4, -0.2) is 42.8 Å². The van der Waals surface area contributed by atoms with E-state index in [0.717, 1.165) is 0 Å². The standard InChI is InChI=1S/C18H24F3N3O3/c1-4-27-13-9-17(22,16(13,2)3)15(26)24-12-7-5-11(6-8-12)14(25)23-10-18(19,20)21/h5-8,13H,4,9-10,22H2,1-3H3,(H,23,25)(H,24,26). The van der Waals surface area contributed by atoms with Gasteiger partial charge in [-0.15, -0.1) is 0 Å². The van der Waals surface area contributed by atoms with Gasteiger partial charge in [0.2, 0.25) is 5.91 Å². The minimum Gasteiger partial charge on any atom is -0.378 e. The molecule has 0 heterocycles. The lowest BCUT2D eigenvalue weighted by atomic mass is 9.54. The van der Waals surface area contributed by atoms with Gasteiger partial charge in [-0.3, -0.25) is 9.59 Å². The smallest absolute Gasteiger partial charge is 0.378 e. The number of alkyl halides is 3. The highest BCUT2D eigenvalue weighted by Gasteiger charge is 2.62. The summed E-state index contributed by atoms with van der Waals surface area (Å²) in [7, 11) is 0. The second-order valence-electron chi connectivity index (χ2n) is 7.17. The van der Waals surface area contributed by atoms with Crippen LogP contribution in [0, 0.1) is 5.41 Å². The Morgan fingerprint density at radius 2 is 1.85 bits per heavy atom. The minimum atomic E-state index is -4.48. The van der Waals surface area contributed by atoms with Gasteiger partial charge in [0, 0.05) is 29.7 Å². The molecular formula is C18H24F3N3O3. The van der Waals surface area contributed by atoms with E-state index >= 15 is 0 Å². The van der Waals surface area contributed by atoms with Crippen molar-refractivity contribution in [3.8, 4) is 0 Å². The van der Waals surface area contributed by atoms with Gasteiger partial charge in [-0.05, 0) is 31.2 Å². The van der Waals surface area contributed by atoms with Crippen LogP contribution in [0.1, 0.15) is 37.6 Å². The van der Waals surface area contributed by atoms with Crippen LogP contribution < -0.4 is 16.4 Å². The van der Waals surface area contributed by atoms with Gasteiger partial charge in [-0.25, -0.2) is 0 Å². The molecule has 1 aromatic carbocycles. The average molecular weight is 387 g/mol. The molecule has 150 valence electrons. The normalized spacial score (nSPS) is 24.0. The first-order chi connectivity index (χ1) is 12.4. The Morgan fingerprint density at radius 3 is 2.33 bits per heavy atom. The number of amides is 2. The monoisotopic (exact) mass is 387 g/mol. The summed E-state index contributed by atoms with van der Waals surface area (Å²) in [6.45, 7) is 4.73. The van der Waals surface area contributed by atoms with E-state index in [1.54, 1.807) is 5.32 Å². The molecule has 0 spiro atoms. The summed E-state index contributed by atoms with van der Waals surface area (Å²) in [5, 5.41) is 4.48. The van der Waals surface area contributed by atoms with Crippen molar-refractivity contribution >= 4 is 17.5 Å². The number of ether oxygens (including phenoxy) is 1. The topological polar surface area (TPSA) is 93.4 Å². The van der Waals surface area contributed by atoms with Crippen LogP contribution >= 0.6 is 0 Å². The number of nitrogens with two attached hydrogens (primary N) is 1. The third-order valence-electron chi connectivity index (χ3n) is 5.09. The third-order valence-corrected chi connectivity index (χ3v) is 5.09. The summed E-state index contributed by atoms with van der Waals surface area (Å²) in [6, 6.07) is 5.55. The van der Waals surface area contributed by atoms with Crippen LogP contribution in [0.4, 0.5) is 18.9 Å². The largest absolute Gasteiger partial charge is 0.405 e. The summed E-state index contributed by atoms with van der Waals surface area (Å²) in [5.74, 6) is -1.22. The first-order valence-electron chi connectivity index (χ1n) is 8.57. The number of anilines is 1. The van der Waals surface area contributed by atoms with Crippen LogP contribution in [0.2, 0.25) is 0 Å². The lowest BCUT2D eigenvalue weighted by Gasteiger charge is -2.57. The van der Waals surface area contributed by atoms with E-state index in [2.05, 4.69) is 5.32 Å². The van der Waals surface area contributed by atoms with Gasteiger partial charge in [0.25, 0.3) is 5.91 Å². The fraction of sp³-hybridized carbons (Fsp3) is 0.556. The SMILES string of the molecule is CCOC1CC(N)(C(=O)Nc2ccc(C(=O)NCC(F)(F)F)cc2)C1(C)C. The number of hydrogen-bond acceptors (Lipinski definition) is 4. The van der Waals surface area contributed by atoms with E-state index in [1.165, 1.54) is 24.3 Å².